The number of pyridine rings is 1. The molecule has 1 aliphatic rings. The minimum atomic E-state index is -0.485. The number of nitrogens with two attached hydrogens (primary N) is 1. The zero-order valence-corrected chi connectivity index (χ0v) is 14.3. The molecule has 2 aromatic rings. The van der Waals surface area contributed by atoms with Gasteiger partial charge in [0.2, 0.25) is 11.8 Å². The maximum atomic E-state index is 11.2. The molecule has 3 rings (SSSR count). The fourth-order valence-electron chi connectivity index (χ4n) is 2.90. The minimum Gasteiger partial charge on any atom is -0.439 e. The molecule has 0 aliphatic carbocycles. The maximum Gasteiger partial charge on any atom is 0.226 e. The molecule has 1 aliphatic heterocycles. The first-order valence-corrected chi connectivity index (χ1v) is 8.40. The smallest absolute Gasteiger partial charge is 0.226 e. The minimum absolute atomic E-state index is 0.485. The number of benzene rings is 1. The molecule has 0 bridgehead atoms. The zero-order valence-electron chi connectivity index (χ0n) is 14.3. The van der Waals surface area contributed by atoms with Crippen LogP contribution in [0.2, 0.25) is 0 Å². The number of anilines is 1. The third-order valence-electron chi connectivity index (χ3n) is 4.11. The van der Waals surface area contributed by atoms with Crippen molar-refractivity contribution in [1.29, 1.82) is 0 Å². The van der Waals surface area contributed by atoms with Crippen molar-refractivity contribution in [1.82, 2.24) is 4.98 Å². The van der Waals surface area contributed by atoms with Gasteiger partial charge in [-0.25, -0.2) is 4.98 Å². The largest absolute Gasteiger partial charge is 0.439 e. The van der Waals surface area contributed by atoms with E-state index in [2.05, 4.69) is 16.0 Å². The van der Waals surface area contributed by atoms with Crippen molar-refractivity contribution in [3.63, 3.8) is 0 Å². The van der Waals surface area contributed by atoms with Crippen molar-refractivity contribution in [3.05, 3.63) is 54.1 Å². The third-order valence-corrected chi connectivity index (χ3v) is 4.11. The lowest BCUT2D eigenvalue weighted by Crippen LogP contribution is -2.36. The molecule has 1 saturated heterocycles. The standard InChI is InChI=1S/C19H22N3O3/c1-2-17-14(12-18(20)23)6-7-21-19(17)25-16-5-3-4-15(13-16)22-8-10-24-11-9-22/h3-7,12-13H,2,8-11H2,1H3,(H2,20,23). The first kappa shape index (κ1) is 17.2. The number of rotatable bonds is 6. The third kappa shape index (κ3) is 4.28. The highest BCUT2D eigenvalue weighted by molar-refractivity contribution is 5.87. The Labute approximate surface area is 147 Å². The first-order chi connectivity index (χ1) is 12.2. The quantitative estimate of drug-likeness (QED) is 0.873. The lowest BCUT2D eigenvalue weighted by atomic mass is 10.0. The molecule has 0 atom stereocenters. The van der Waals surface area contributed by atoms with Crippen molar-refractivity contribution in [2.24, 2.45) is 5.73 Å². The lowest BCUT2D eigenvalue weighted by molar-refractivity contribution is -0.114. The number of morpholine rings is 1. The van der Waals surface area contributed by atoms with Crippen molar-refractivity contribution >= 4 is 11.6 Å². The number of ether oxygens (including phenoxy) is 2. The lowest BCUT2D eigenvalue weighted by Gasteiger charge is -2.29. The molecule has 131 valence electrons. The Morgan fingerprint density at radius 2 is 2.16 bits per heavy atom. The van der Waals surface area contributed by atoms with Gasteiger partial charge in [0.25, 0.3) is 0 Å². The molecule has 2 N–H and O–H groups in total. The molecule has 0 unspecified atom stereocenters. The summed E-state index contributed by atoms with van der Waals surface area (Å²) in [6.45, 7) is 5.19. The number of carbonyl (C=O) groups excluding carboxylic acids is 1. The van der Waals surface area contributed by atoms with Crippen molar-refractivity contribution in [3.8, 4) is 11.6 Å². The number of carbonyl (C=O) groups is 1. The van der Waals surface area contributed by atoms with Gasteiger partial charge in [-0.05, 0) is 30.2 Å². The molecule has 6 heteroatoms. The molecule has 25 heavy (non-hydrogen) atoms. The average Bonchev–Trinajstić information content (AvgIpc) is 2.62. The van der Waals surface area contributed by atoms with Gasteiger partial charge >= 0.3 is 0 Å². The van der Waals surface area contributed by atoms with Crippen LogP contribution in [0.15, 0.2) is 36.5 Å². The van der Waals surface area contributed by atoms with Gasteiger partial charge in [-0.15, -0.1) is 0 Å². The molecular weight excluding hydrogens is 318 g/mol. The van der Waals surface area contributed by atoms with E-state index >= 15 is 0 Å². The summed E-state index contributed by atoms with van der Waals surface area (Å²) in [6, 6.07) is 9.68. The van der Waals surface area contributed by atoms with E-state index in [-0.39, 0.29) is 0 Å². The maximum absolute atomic E-state index is 11.2. The van der Waals surface area contributed by atoms with Crippen LogP contribution >= 0.6 is 0 Å². The zero-order chi connectivity index (χ0) is 17.6. The highest BCUT2D eigenvalue weighted by atomic mass is 16.5. The van der Waals surface area contributed by atoms with E-state index in [4.69, 9.17) is 15.2 Å². The van der Waals surface area contributed by atoms with E-state index < -0.39 is 5.91 Å². The number of aromatic nitrogens is 1. The molecule has 0 spiro atoms. The molecule has 2 heterocycles. The second-order valence-electron chi connectivity index (χ2n) is 5.78. The number of hydrogen-bond donors (Lipinski definition) is 1. The van der Waals surface area contributed by atoms with Crippen LogP contribution in [0, 0.1) is 6.42 Å². The van der Waals surface area contributed by atoms with Crippen LogP contribution in [-0.4, -0.2) is 37.2 Å². The topological polar surface area (TPSA) is 77.7 Å². The van der Waals surface area contributed by atoms with Crippen LogP contribution in [0.5, 0.6) is 11.6 Å². The van der Waals surface area contributed by atoms with Crippen LogP contribution < -0.4 is 15.4 Å². The highest BCUT2D eigenvalue weighted by Crippen LogP contribution is 2.29. The van der Waals surface area contributed by atoms with Crippen LogP contribution in [0.4, 0.5) is 5.69 Å². The summed E-state index contributed by atoms with van der Waals surface area (Å²) < 4.78 is 11.4. The molecular formula is C19H22N3O3. The van der Waals surface area contributed by atoms with E-state index in [9.17, 15) is 4.79 Å². The Morgan fingerprint density at radius 3 is 2.88 bits per heavy atom. The van der Waals surface area contributed by atoms with Crippen LogP contribution in [0.25, 0.3) is 0 Å². The summed E-state index contributed by atoms with van der Waals surface area (Å²) in [5.74, 6) is 0.722. The Bertz CT molecular complexity index is 742. The van der Waals surface area contributed by atoms with E-state index in [1.54, 1.807) is 12.3 Å². The predicted molar refractivity (Wildman–Crippen MR) is 95.8 cm³/mol. The second-order valence-corrected chi connectivity index (χ2v) is 5.78. The Balaban J connectivity index is 1.83. The number of hydrogen-bond acceptors (Lipinski definition) is 5. The number of amides is 1. The average molecular weight is 340 g/mol. The predicted octanol–water partition coefficient (Wildman–Crippen LogP) is 2.31. The van der Waals surface area contributed by atoms with Gasteiger partial charge < -0.3 is 20.1 Å². The Kier molecular flexibility index (Phi) is 5.50. The fraction of sp³-hybridized carbons (Fsp3) is 0.316. The van der Waals surface area contributed by atoms with Gasteiger partial charge in [0.05, 0.1) is 19.6 Å². The highest BCUT2D eigenvalue weighted by Gasteiger charge is 2.15. The first-order valence-electron chi connectivity index (χ1n) is 8.40. The van der Waals surface area contributed by atoms with E-state index in [0.29, 0.717) is 18.1 Å². The summed E-state index contributed by atoms with van der Waals surface area (Å²) >= 11 is 0. The Morgan fingerprint density at radius 1 is 1.36 bits per heavy atom. The van der Waals surface area contributed by atoms with E-state index in [0.717, 1.165) is 43.1 Å². The number of nitrogens with zero attached hydrogens (tertiary/aromatic N) is 2. The molecule has 1 fully saturated rings. The summed E-state index contributed by atoms with van der Waals surface area (Å²) in [7, 11) is 0. The normalized spacial score (nSPS) is 14.4. The SMILES string of the molecule is CCc1c([CH]C(N)=O)ccnc1Oc1cccc(N2CCOCC2)c1. The Hall–Kier alpha value is -2.60. The second kappa shape index (κ2) is 7.98. The van der Waals surface area contributed by atoms with Crippen LogP contribution in [0.3, 0.4) is 0 Å². The molecule has 1 aromatic carbocycles. The van der Waals surface area contributed by atoms with Crippen molar-refractivity contribution in [2.45, 2.75) is 13.3 Å². The molecule has 1 aromatic heterocycles. The van der Waals surface area contributed by atoms with Gasteiger partial charge in [-0.3, -0.25) is 4.79 Å². The van der Waals surface area contributed by atoms with Crippen molar-refractivity contribution in [2.75, 3.05) is 31.2 Å². The number of primary amides is 1. The summed E-state index contributed by atoms with van der Waals surface area (Å²) in [6.07, 6.45) is 3.71. The van der Waals surface area contributed by atoms with Crippen LogP contribution in [0.1, 0.15) is 18.1 Å². The van der Waals surface area contributed by atoms with Crippen molar-refractivity contribution < 1.29 is 14.3 Å². The van der Waals surface area contributed by atoms with Crippen LogP contribution in [-0.2, 0) is 16.0 Å². The van der Waals surface area contributed by atoms with Gasteiger partial charge in [0.1, 0.15) is 5.75 Å². The fourth-order valence-corrected chi connectivity index (χ4v) is 2.90. The summed E-state index contributed by atoms with van der Waals surface area (Å²) in [5, 5.41) is 0. The van der Waals surface area contributed by atoms with Gasteiger partial charge in [-0.2, -0.15) is 0 Å². The monoisotopic (exact) mass is 340 g/mol. The van der Waals surface area contributed by atoms with Gasteiger partial charge in [0.15, 0.2) is 0 Å². The van der Waals surface area contributed by atoms with Gasteiger partial charge in [0, 0.05) is 36.6 Å². The molecule has 1 radical (unpaired) electrons. The van der Waals surface area contributed by atoms with Gasteiger partial charge in [-0.1, -0.05) is 13.0 Å². The molecule has 1 amide bonds. The summed E-state index contributed by atoms with van der Waals surface area (Å²) in [4.78, 5) is 17.8. The molecule has 0 saturated carbocycles. The van der Waals surface area contributed by atoms with E-state index in [1.807, 2.05) is 25.1 Å². The molecule has 6 nitrogen and oxygen atoms in total. The van der Waals surface area contributed by atoms with E-state index in [1.165, 1.54) is 6.42 Å². The summed E-state index contributed by atoms with van der Waals surface area (Å²) in [5.41, 5.74) is 7.98.